The van der Waals surface area contributed by atoms with Gasteiger partial charge in [0.05, 0.1) is 0 Å². The van der Waals surface area contributed by atoms with Crippen LogP contribution in [0.3, 0.4) is 0 Å². The summed E-state index contributed by atoms with van der Waals surface area (Å²) in [6.45, 7) is 4.93. The normalized spacial score (nSPS) is 19.4. The Balaban J connectivity index is 1.24. The molecule has 2 fully saturated rings. The Morgan fingerprint density at radius 1 is 0.844 bits per heavy atom. The van der Waals surface area contributed by atoms with Gasteiger partial charge in [0.2, 0.25) is 15.9 Å². The van der Waals surface area contributed by atoms with E-state index in [9.17, 15) is 13.2 Å². The van der Waals surface area contributed by atoms with Crippen LogP contribution in [-0.4, -0.2) is 67.7 Å². The molecule has 2 aliphatic rings. The molecule has 2 heterocycles. The van der Waals surface area contributed by atoms with E-state index in [1.165, 1.54) is 15.3 Å². The molecule has 2 aliphatic heterocycles. The molecule has 0 aromatic heterocycles. The van der Waals surface area contributed by atoms with Crippen molar-refractivity contribution in [2.24, 2.45) is 5.92 Å². The Morgan fingerprint density at radius 3 is 2.06 bits per heavy atom. The Morgan fingerprint density at radius 2 is 1.44 bits per heavy atom. The van der Waals surface area contributed by atoms with E-state index in [0.29, 0.717) is 25.9 Å². The monoisotopic (exact) mass is 453 g/mol. The summed E-state index contributed by atoms with van der Waals surface area (Å²) in [7, 11) is -3.47. The molecule has 7 heteroatoms. The van der Waals surface area contributed by atoms with Crippen molar-refractivity contribution in [2.75, 3.05) is 39.3 Å². The molecule has 4 rings (SSSR count). The van der Waals surface area contributed by atoms with Crippen molar-refractivity contribution in [3.05, 3.63) is 77.2 Å². The smallest absolute Gasteiger partial charge is 0.236 e. The predicted molar refractivity (Wildman–Crippen MR) is 127 cm³/mol. The van der Waals surface area contributed by atoms with Gasteiger partial charge in [0, 0.05) is 57.1 Å². The molecule has 1 amide bonds. The molecule has 0 bridgehead atoms. The lowest BCUT2D eigenvalue weighted by Gasteiger charge is -2.38. The maximum Gasteiger partial charge on any atom is 0.236 e. The minimum Gasteiger partial charge on any atom is -0.340 e. The fourth-order valence-electron chi connectivity index (χ4n) is 4.40. The molecule has 170 valence electrons. The van der Waals surface area contributed by atoms with E-state index in [1.807, 2.05) is 41.3 Å². The quantitative estimate of drug-likeness (QED) is 0.675. The van der Waals surface area contributed by atoms with E-state index in [0.717, 1.165) is 38.3 Å². The van der Waals surface area contributed by atoms with Gasteiger partial charge in [-0.15, -0.1) is 0 Å². The van der Waals surface area contributed by atoms with Crippen LogP contribution >= 0.6 is 0 Å². The average Bonchev–Trinajstić information content (AvgIpc) is 2.84. The van der Waals surface area contributed by atoms with Crippen LogP contribution in [0.1, 0.15) is 24.0 Å². The zero-order chi connectivity index (χ0) is 22.4. The zero-order valence-electron chi connectivity index (χ0n) is 18.3. The highest BCUT2D eigenvalue weighted by Gasteiger charge is 2.33. The van der Waals surface area contributed by atoms with Crippen molar-refractivity contribution in [1.29, 1.82) is 0 Å². The van der Waals surface area contributed by atoms with E-state index in [1.54, 1.807) is 6.08 Å². The number of piperidine rings is 1. The second-order valence-corrected chi connectivity index (χ2v) is 10.3. The van der Waals surface area contributed by atoms with Crippen LogP contribution in [0.25, 0.3) is 6.08 Å². The predicted octanol–water partition coefficient (Wildman–Crippen LogP) is 3.04. The summed E-state index contributed by atoms with van der Waals surface area (Å²) >= 11 is 0. The maximum absolute atomic E-state index is 13.0. The minimum absolute atomic E-state index is 0.0831. The van der Waals surface area contributed by atoms with Gasteiger partial charge < -0.3 is 4.90 Å². The first kappa shape index (κ1) is 22.7. The van der Waals surface area contributed by atoms with E-state index >= 15 is 0 Å². The molecule has 0 spiro atoms. The summed E-state index contributed by atoms with van der Waals surface area (Å²) in [4.78, 5) is 17.4. The van der Waals surface area contributed by atoms with E-state index in [4.69, 9.17) is 0 Å². The van der Waals surface area contributed by atoms with E-state index < -0.39 is 10.0 Å². The van der Waals surface area contributed by atoms with Gasteiger partial charge in [-0.25, -0.2) is 8.42 Å². The number of benzene rings is 2. The third-order valence-corrected chi connectivity index (χ3v) is 7.89. The molecular weight excluding hydrogens is 422 g/mol. The maximum atomic E-state index is 13.0. The number of amides is 1. The number of sulfonamides is 1. The van der Waals surface area contributed by atoms with Gasteiger partial charge in [-0.2, -0.15) is 4.31 Å². The van der Waals surface area contributed by atoms with Gasteiger partial charge in [-0.1, -0.05) is 60.7 Å². The molecule has 0 saturated carbocycles. The number of rotatable bonds is 6. The van der Waals surface area contributed by atoms with Gasteiger partial charge in [-0.05, 0) is 30.0 Å². The highest BCUT2D eigenvalue weighted by atomic mass is 32.2. The molecule has 32 heavy (non-hydrogen) atoms. The first-order chi connectivity index (χ1) is 15.5. The molecule has 0 radical (unpaired) electrons. The van der Waals surface area contributed by atoms with E-state index in [2.05, 4.69) is 29.2 Å². The summed E-state index contributed by atoms with van der Waals surface area (Å²) in [5, 5.41) is 1.27. The molecule has 0 unspecified atom stereocenters. The summed E-state index contributed by atoms with van der Waals surface area (Å²) < 4.78 is 26.8. The topological polar surface area (TPSA) is 60.9 Å². The molecule has 0 N–H and O–H groups in total. The first-order valence-electron chi connectivity index (χ1n) is 11.3. The van der Waals surface area contributed by atoms with Gasteiger partial charge >= 0.3 is 0 Å². The highest BCUT2D eigenvalue weighted by Crippen LogP contribution is 2.23. The second-order valence-electron chi connectivity index (χ2n) is 8.52. The number of hydrogen-bond acceptors (Lipinski definition) is 4. The lowest BCUT2D eigenvalue weighted by molar-refractivity contribution is -0.138. The molecule has 0 aliphatic carbocycles. The van der Waals surface area contributed by atoms with Crippen molar-refractivity contribution in [2.45, 2.75) is 19.4 Å². The van der Waals surface area contributed by atoms with Crippen molar-refractivity contribution >= 4 is 22.0 Å². The number of hydrogen-bond donors (Lipinski definition) is 0. The van der Waals surface area contributed by atoms with Crippen LogP contribution in [0.5, 0.6) is 0 Å². The molecular formula is C25H31N3O3S. The van der Waals surface area contributed by atoms with Crippen LogP contribution < -0.4 is 0 Å². The van der Waals surface area contributed by atoms with Gasteiger partial charge in [0.25, 0.3) is 0 Å². The van der Waals surface area contributed by atoms with Gasteiger partial charge in [0.15, 0.2) is 0 Å². The average molecular weight is 454 g/mol. The van der Waals surface area contributed by atoms with Crippen molar-refractivity contribution < 1.29 is 13.2 Å². The molecule has 6 nitrogen and oxygen atoms in total. The number of carbonyl (C=O) groups is 1. The summed E-state index contributed by atoms with van der Waals surface area (Å²) in [6.07, 6.45) is 2.80. The number of piperazine rings is 1. The Labute approximate surface area is 191 Å². The molecule has 2 aromatic carbocycles. The van der Waals surface area contributed by atoms with Gasteiger partial charge in [-0.3, -0.25) is 9.69 Å². The zero-order valence-corrected chi connectivity index (χ0v) is 19.2. The number of carbonyl (C=O) groups excluding carboxylic acids is 1. The Kier molecular flexibility index (Phi) is 7.40. The van der Waals surface area contributed by atoms with Gasteiger partial charge in [0.1, 0.15) is 0 Å². The third kappa shape index (κ3) is 5.85. The van der Waals surface area contributed by atoms with Crippen molar-refractivity contribution in [3.8, 4) is 0 Å². The largest absolute Gasteiger partial charge is 0.340 e. The summed E-state index contributed by atoms with van der Waals surface area (Å²) in [6, 6.07) is 19.8. The van der Waals surface area contributed by atoms with Crippen LogP contribution in [0, 0.1) is 5.92 Å². The fourth-order valence-corrected chi connectivity index (χ4v) is 5.62. The first-order valence-corrected chi connectivity index (χ1v) is 12.8. The van der Waals surface area contributed by atoms with E-state index in [-0.39, 0.29) is 11.8 Å². The fraction of sp³-hybridized carbons (Fsp3) is 0.400. The van der Waals surface area contributed by atoms with Crippen LogP contribution in [0.4, 0.5) is 0 Å². The third-order valence-electron chi connectivity index (χ3n) is 6.33. The summed E-state index contributed by atoms with van der Waals surface area (Å²) in [5.74, 6) is 0.0986. The molecule has 2 saturated heterocycles. The van der Waals surface area contributed by atoms with Crippen LogP contribution in [0.15, 0.2) is 66.1 Å². The lowest BCUT2D eigenvalue weighted by Crippen LogP contribution is -2.51. The Bertz CT molecular complexity index is 1010. The Hall–Kier alpha value is -2.48. The van der Waals surface area contributed by atoms with Crippen LogP contribution in [0.2, 0.25) is 0 Å². The number of nitrogens with zero attached hydrogens (tertiary/aromatic N) is 3. The second kappa shape index (κ2) is 10.4. The van der Waals surface area contributed by atoms with Crippen molar-refractivity contribution in [1.82, 2.24) is 14.1 Å². The van der Waals surface area contributed by atoms with Crippen LogP contribution in [-0.2, 0) is 21.4 Å². The lowest BCUT2D eigenvalue weighted by atomic mass is 9.96. The standard InChI is InChI=1S/C25H31N3O3S/c29-25(27-18-16-26(17-19-27)21-23-9-5-2-6-10-23)24-11-14-28(15-12-24)32(30,31)20-13-22-7-3-1-4-8-22/h1-10,13,20,24H,11-12,14-19,21H2/b20-13+. The highest BCUT2D eigenvalue weighted by molar-refractivity contribution is 7.92. The van der Waals surface area contributed by atoms with Crippen molar-refractivity contribution in [3.63, 3.8) is 0 Å². The molecule has 0 atom stereocenters. The minimum atomic E-state index is -3.47. The SMILES string of the molecule is O=C(C1CCN(S(=O)(=O)/C=C/c2ccccc2)CC1)N1CCN(Cc2ccccc2)CC1. The molecule has 2 aromatic rings. The summed E-state index contributed by atoms with van der Waals surface area (Å²) in [5.41, 5.74) is 2.15.